The average Bonchev–Trinajstić information content (AvgIpc) is 2.55. The van der Waals surface area contributed by atoms with Gasteiger partial charge in [-0.3, -0.25) is 4.90 Å². The lowest BCUT2D eigenvalue weighted by molar-refractivity contribution is 0.0296. The molecular formula is C17H21F2N3O. The van der Waals surface area contributed by atoms with Gasteiger partial charge in [-0.1, -0.05) is 0 Å². The van der Waals surface area contributed by atoms with Crippen LogP contribution in [-0.4, -0.2) is 50.8 Å². The van der Waals surface area contributed by atoms with Crippen molar-refractivity contribution in [2.24, 2.45) is 5.92 Å². The summed E-state index contributed by atoms with van der Waals surface area (Å²) in [6.45, 7) is 5.62. The molecule has 1 aromatic carbocycles. The second-order valence-electron chi connectivity index (χ2n) is 6.27. The van der Waals surface area contributed by atoms with E-state index >= 15 is 0 Å². The molecule has 2 aliphatic heterocycles. The van der Waals surface area contributed by atoms with Gasteiger partial charge in [0.25, 0.3) is 0 Å². The molecule has 1 atom stereocenters. The molecule has 0 amide bonds. The molecule has 0 aromatic heterocycles. The maximum atomic E-state index is 14.2. The number of rotatable bonds is 3. The molecule has 23 heavy (non-hydrogen) atoms. The minimum absolute atomic E-state index is 0.00989. The maximum Gasteiger partial charge on any atom is 0.150 e. The molecule has 0 N–H and O–H groups in total. The van der Waals surface area contributed by atoms with E-state index in [9.17, 15) is 8.78 Å². The highest BCUT2D eigenvalue weighted by atomic mass is 19.1. The molecule has 0 aliphatic carbocycles. The number of ether oxygens (including phenoxy) is 1. The van der Waals surface area contributed by atoms with Crippen LogP contribution in [0.1, 0.15) is 18.4 Å². The summed E-state index contributed by atoms with van der Waals surface area (Å²) < 4.78 is 33.8. The molecule has 0 radical (unpaired) electrons. The fraction of sp³-hybridized carbons (Fsp3) is 0.588. The summed E-state index contributed by atoms with van der Waals surface area (Å²) in [5.41, 5.74) is 0.0290. The highest BCUT2D eigenvalue weighted by Gasteiger charge is 2.26. The Labute approximate surface area is 135 Å². The van der Waals surface area contributed by atoms with Crippen molar-refractivity contribution < 1.29 is 13.5 Å². The highest BCUT2D eigenvalue weighted by Crippen LogP contribution is 2.29. The van der Waals surface area contributed by atoms with Gasteiger partial charge in [0.1, 0.15) is 5.69 Å². The third-order valence-electron chi connectivity index (χ3n) is 4.60. The number of piperidine rings is 1. The molecule has 0 saturated carbocycles. The number of benzene rings is 1. The molecular weight excluding hydrogens is 300 g/mol. The molecule has 2 fully saturated rings. The fourth-order valence-corrected chi connectivity index (χ4v) is 3.50. The first-order valence-corrected chi connectivity index (χ1v) is 8.11. The Bertz CT molecular complexity index is 573. The summed E-state index contributed by atoms with van der Waals surface area (Å²) in [7, 11) is 0. The topological polar surface area (TPSA) is 39.5 Å². The van der Waals surface area contributed by atoms with Crippen molar-refractivity contribution in [2.75, 3.05) is 50.8 Å². The van der Waals surface area contributed by atoms with E-state index in [-0.39, 0.29) is 11.3 Å². The summed E-state index contributed by atoms with van der Waals surface area (Å²) in [5.74, 6) is -0.890. The lowest BCUT2D eigenvalue weighted by Gasteiger charge is -2.38. The van der Waals surface area contributed by atoms with Gasteiger partial charge in [0, 0.05) is 32.7 Å². The normalized spacial score (nSPS) is 22.8. The van der Waals surface area contributed by atoms with Crippen molar-refractivity contribution in [1.29, 1.82) is 5.26 Å². The van der Waals surface area contributed by atoms with Crippen LogP contribution >= 0.6 is 0 Å². The van der Waals surface area contributed by atoms with Crippen LogP contribution in [0.4, 0.5) is 14.5 Å². The zero-order valence-corrected chi connectivity index (χ0v) is 13.1. The van der Waals surface area contributed by atoms with E-state index in [2.05, 4.69) is 4.90 Å². The van der Waals surface area contributed by atoms with E-state index in [1.807, 2.05) is 0 Å². The van der Waals surface area contributed by atoms with Gasteiger partial charge in [-0.15, -0.1) is 0 Å². The van der Waals surface area contributed by atoms with Gasteiger partial charge in [-0.05, 0) is 30.9 Å². The highest BCUT2D eigenvalue weighted by molar-refractivity contribution is 5.53. The monoisotopic (exact) mass is 321 g/mol. The smallest absolute Gasteiger partial charge is 0.150 e. The summed E-state index contributed by atoms with van der Waals surface area (Å²) in [5, 5.41) is 8.80. The number of hydrogen-bond acceptors (Lipinski definition) is 4. The van der Waals surface area contributed by atoms with Gasteiger partial charge in [-0.2, -0.15) is 5.26 Å². The first-order valence-electron chi connectivity index (χ1n) is 8.11. The van der Waals surface area contributed by atoms with Crippen LogP contribution in [0.3, 0.4) is 0 Å². The van der Waals surface area contributed by atoms with Crippen molar-refractivity contribution in [2.45, 2.75) is 12.8 Å². The van der Waals surface area contributed by atoms with Crippen LogP contribution in [0.25, 0.3) is 0 Å². The summed E-state index contributed by atoms with van der Waals surface area (Å²) in [6, 6.07) is 4.01. The molecule has 6 heteroatoms. The van der Waals surface area contributed by atoms with E-state index in [0.717, 1.165) is 57.8 Å². The van der Waals surface area contributed by atoms with Crippen LogP contribution in [0, 0.1) is 28.9 Å². The third kappa shape index (κ3) is 3.80. The van der Waals surface area contributed by atoms with Gasteiger partial charge in [-0.25, -0.2) is 8.78 Å². The molecule has 124 valence electrons. The Morgan fingerprint density at radius 2 is 1.87 bits per heavy atom. The SMILES string of the molecule is N#Cc1cc(F)c(N2CCCC(CN3CCOCC3)C2)c(F)c1. The minimum Gasteiger partial charge on any atom is -0.379 e. The van der Waals surface area contributed by atoms with Crippen molar-refractivity contribution in [3.05, 3.63) is 29.3 Å². The molecule has 3 rings (SSSR count). The Kier molecular flexibility index (Phi) is 5.09. The van der Waals surface area contributed by atoms with Crippen molar-refractivity contribution in [1.82, 2.24) is 4.90 Å². The Hall–Kier alpha value is -1.71. The molecule has 2 heterocycles. The number of hydrogen-bond donors (Lipinski definition) is 0. The first-order chi connectivity index (χ1) is 11.2. The molecule has 4 nitrogen and oxygen atoms in total. The van der Waals surface area contributed by atoms with Crippen molar-refractivity contribution in [3.8, 4) is 6.07 Å². The van der Waals surface area contributed by atoms with Crippen LogP contribution < -0.4 is 4.90 Å². The molecule has 1 unspecified atom stereocenters. The number of nitrogens with zero attached hydrogens (tertiary/aromatic N) is 3. The zero-order chi connectivity index (χ0) is 16.2. The van der Waals surface area contributed by atoms with E-state index < -0.39 is 11.6 Å². The maximum absolute atomic E-state index is 14.2. The molecule has 1 aromatic rings. The Morgan fingerprint density at radius 1 is 1.17 bits per heavy atom. The number of nitriles is 1. The summed E-state index contributed by atoms with van der Waals surface area (Å²) in [6.07, 6.45) is 2.00. The van der Waals surface area contributed by atoms with Crippen LogP contribution in [-0.2, 0) is 4.74 Å². The molecule has 2 saturated heterocycles. The predicted molar refractivity (Wildman–Crippen MR) is 83.3 cm³/mol. The predicted octanol–water partition coefficient (Wildman–Crippen LogP) is 2.39. The van der Waals surface area contributed by atoms with E-state index in [1.54, 1.807) is 11.0 Å². The number of anilines is 1. The van der Waals surface area contributed by atoms with E-state index in [0.29, 0.717) is 19.0 Å². The lowest BCUT2D eigenvalue weighted by atomic mass is 9.96. The quantitative estimate of drug-likeness (QED) is 0.857. The van der Waals surface area contributed by atoms with Crippen molar-refractivity contribution >= 4 is 5.69 Å². The summed E-state index contributed by atoms with van der Waals surface area (Å²) in [4.78, 5) is 4.16. The number of morpholine rings is 1. The second-order valence-corrected chi connectivity index (χ2v) is 6.27. The van der Waals surface area contributed by atoms with Gasteiger partial charge >= 0.3 is 0 Å². The van der Waals surface area contributed by atoms with Gasteiger partial charge in [0.2, 0.25) is 0 Å². The van der Waals surface area contributed by atoms with Gasteiger partial charge in [0.15, 0.2) is 11.6 Å². The molecule has 0 bridgehead atoms. The third-order valence-corrected chi connectivity index (χ3v) is 4.60. The standard InChI is InChI=1S/C17H21F2N3O/c18-15-8-14(10-20)9-16(19)17(15)22-3-1-2-13(12-22)11-21-4-6-23-7-5-21/h8-9,13H,1-7,11-12H2. The van der Waals surface area contributed by atoms with Crippen molar-refractivity contribution in [3.63, 3.8) is 0 Å². The van der Waals surface area contributed by atoms with Gasteiger partial charge in [0.05, 0.1) is 24.8 Å². The van der Waals surface area contributed by atoms with Crippen LogP contribution in [0.5, 0.6) is 0 Å². The second kappa shape index (κ2) is 7.24. The minimum atomic E-state index is -0.645. The number of halogens is 2. The first kappa shape index (κ1) is 16.2. The summed E-state index contributed by atoms with van der Waals surface area (Å²) >= 11 is 0. The van der Waals surface area contributed by atoms with E-state index in [1.165, 1.54) is 0 Å². The van der Waals surface area contributed by atoms with Crippen LogP contribution in [0.2, 0.25) is 0 Å². The largest absolute Gasteiger partial charge is 0.379 e. The average molecular weight is 321 g/mol. The molecule has 2 aliphatic rings. The Balaban J connectivity index is 1.70. The van der Waals surface area contributed by atoms with E-state index in [4.69, 9.17) is 10.00 Å². The fourth-order valence-electron chi connectivity index (χ4n) is 3.50. The zero-order valence-electron chi connectivity index (χ0n) is 13.1. The lowest BCUT2D eigenvalue weighted by Crippen LogP contribution is -2.45. The Morgan fingerprint density at radius 3 is 2.52 bits per heavy atom. The van der Waals surface area contributed by atoms with Crippen LogP contribution in [0.15, 0.2) is 12.1 Å². The molecule has 0 spiro atoms. The van der Waals surface area contributed by atoms with Gasteiger partial charge < -0.3 is 9.64 Å².